The molecular formula is C23H20FN3O2S. The van der Waals surface area contributed by atoms with Crippen molar-refractivity contribution >= 4 is 39.8 Å². The van der Waals surface area contributed by atoms with E-state index in [1.807, 2.05) is 43.3 Å². The molecule has 2 heterocycles. The normalized spacial score (nSPS) is 16.4. The quantitative estimate of drug-likeness (QED) is 0.592. The number of hydrogen-bond donors (Lipinski definition) is 1. The van der Waals surface area contributed by atoms with Gasteiger partial charge in [-0.3, -0.25) is 14.8 Å². The van der Waals surface area contributed by atoms with Crippen molar-refractivity contribution in [3.63, 3.8) is 0 Å². The molecule has 3 aromatic rings. The Bertz CT molecular complexity index is 1160. The molecule has 0 spiro atoms. The average molecular weight is 421 g/mol. The standard InChI is InChI=1S/C23H20FN3O2S/c1-2-29-20-9-11-25-19-7-6-16(13-18(19)20)14-21-22(28)27-23(30-21)26-10-8-15-4-3-5-17(24)12-15/h3-7,9,11-14H,2,8,10H2,1H3,(H,26,27,28)/b21-14+. The highest BCUT2D eigenvalue weighted by molar-refractivity contribution is 8.18. The Morgan fingerprint density at radius 1 is 1.23 bits per heavy atom. The summed E-state index contributed by atoms with van der Waals surface area (Å²) in [6.45, 7) is 2.98. The molecule has 0 atom stereocenters. The number of amides is 1. The molecule has 1 aliphatic heterocycles. The molecule has 1 aromatic heterocycles. The molecule has 0 radical (unpaired) electrons. The summed E-state index contributed by atoms with van der Waals surface area (Å²) < 4.78 is 18.9. The van der Waals surface area contributed by atoms with Crippen LogP contribution in [0, 0.1) is 5.82 Å². The van der Waals surface area contributed by atoms with Gasteiger partial charge in [0.05, 0.1) is 17.0 Å². The number of carbonyl (C=O) groups is 1. The maximum absolute atomic E-state index is 13.3. The van der Waals surface area contributed by atoms with E-state index in [0.29, 0.717) is 29.6 Å². The maximum atomic E-state index is 13.3. The summed E-state index contributed by atoms with van der Waals surface area (Å²) in [5.74, 6) is 0.332. The number of halogens is 1. The molecule has 4 rings (SSSR count). The molecule has 0 saturated carbocycles. The molecule has 30 heavy (non-hydrogen) atoms. The van der Waals surface area contributed by atoms with Crippen LogP contribution in [-0.4, -0.2) is 29.2 Å². The average Bonchev–Trinajstić information content (AvgIpc) is 3.08. The van der Waals surface area contributed by atoms with Crippen LogP contribution in [0.1, 0.15) is 18.1 Å². The largest absolute Gasteiger partial charge is 0.493 e. The van der Waals surface area contributed by atoms with Crippen molar-refractivity contribution in [2.45, 2.75) is 13.3 Å². The van der Waals surface area contributed by atoms with Crippen LogP contribution in [0.3, 0.4) is 0 Å². The van der Waals surface area contributed by atoms with Gasteiger partial charge in [0.25, 0.3) is 5.91 Å². The predicted molar refractivity (Wildman–Crippen MR) is 119 cm³/mol. The maximum Gasteiger partial charge on any atom is 0.264 e. The molecular weight excluding hydrogens is 401 g/mol. The number of hydrogen-bond acceptors (Lipinski definition) is 5. The number of rotatable bonds is 6. The lowest BCUT2D eigenvalue weighted by Gasteiger charge is -2.07. The van der Waals surface area contributed by atoms with E-state index in [9.17, 15) is 9.18 Å². The van der Waals surface area contributed by atoms with Crippen molar-refractivity contribution < 1.29 is 13.9 Å². The summed E-state index contributed by atoms with van der Waals surface area (Å²) in [5.41, 5.74) is 2.60. The Morgan fingerprint density at radius 3 is 2.97 bits per heavy atom. The van der Waals surface area contributed by atoms with E-state index in [2.05, 4.69) is 15.3 Å². The Balaban J connectivity index is 1.49. The van der Waals surface area contributed by atoms with Crippen molar-refractivity contribution in [1.82, 2.24) is 10.3 Å². The number of fused-ring (bicyclic) bond motifs is 1. The number of carbonyl (C=O) groups excluding carboxylic acids is 1. The molecule has 152 valence electrons. The van der Waals surface area contributed by atoms with E-state index < -0.39 is 0 Å². The first-order valence-corrected chi connectivity index (χ1v) is 10.5. The fourth-order valence-corrected chi connectivity index (χ4v) is 3.99. The molecule has 1 N–H and O–H groups in total. The lowest BCUT2D eigenvalue weighted by molar-refractivity contribution is -0.115. The van der Waals surface area contributed by atoms with Crippen LogP contribution < -0.4 is 10.1 Å². The fourth-order valence-electron chi connectivity index (χ4n) is 3.14. The summed E-state index contributed by atoms with van der Waals surface area (Å²) in [5, 5.41) is 4.24. The van der Waals surface area contributed by atoms with Crippen LogP contribution in [0.5, 0.6) is 5.75 Å². The number of aliphatic imine (C=N–C) groups is 1. The van der Waals surface area contributed by atoms with E-state index in [4.69, 9.17) is 4.74 Å². The molecule has 0 unspecified atom stereocenters. The van der Waals surface area contributed by atoms with Gasteiger partial charge in [0.1, 0.15) is 11.6 Å². The minimum atomic E-state index is -0.257. The van der Waals surface area contributed by atoms with Crippen LogP contribution in [0.15, 0.2) is 64.6 Å². The first-order chi connectivity index (χ1) is 14.6. The van der Waals surface area contributed by atoms with Gasteiger partial charge in [0.15, 0.2) is 5.17 Å². The van der Waals surface area contributed by atoms with Crippen molar-refractivity contribution in [3.05, 3.63) is 76.6 Å². The number of pyridine rings is 1. The number of ether oxygens (including phenoxy) is 1. The highest BCUT2D eigenvalue weighted by Gasteiger charge is 2.23. The number of benzene rings is 2. The molecule has 5 nitrogen and oxygen atoms in total. The monoisotopic (exact) mass is 421 g/mol. The minimum Gasteiger partial charge on any atom is -0.493 e. The summed E-state index contributed by atoms with van der Waals surface area (Å²) in [6, 6.07) is 14.1. The van der Waals surface area contributed by atoms with Crippen LogP contribution in [0.2, 0.25) is 0 Å². The Kier molecular flexibility index (Phi) is 6.09. The number of thioether (sulfide) groups is 1. The first-order valence-electron chi connectivity index (χ1n) is 9.64. The van der Waals surface area contributed by atoms with Gasteiger partial charge in [0, 0.05) is 18.1 Å². The Labute approximate surface area is 178 Å². The summed E-state index contributed by atoms with van der Waals surface area (Å²) in [6.07, 6.45) is 4.16. The van der Waals surface area contributed by atoms with Crippen molar-refractivity contribution in [1.29, 1.82) is 0 Å². The SMILES string of the molecule is CCOc1ccnc2ccc(/C=C3/SC(=NCCc4cccc(F)c4)NC3=O)cc12. The van der Waals surface area contributed by atoms with E-state index in [1.165, 1.54) is 23.9 Å². The summed E-state index contributed by atoms with van der Waals surface area (Å²) >= 11 is 1.30. The fraction of sp³-hybridized carbons (Fsp3) is 0.174. The zero-order valence-corrected chi connectivity index (χ0v) is 17.2. The van der Waals surface area contributed by atoms with Crippen LogP contribution in [-0.2, 0) is 11.2 Å². The molecule has 1 fully saturated rings. The van der Waals surface area contributed by atoms with Crippen LogP contribution in [0.25, 0.3) is 17.0 Å². The van der Waals surface area contributed by atoms with Crippen LogP contribution in [0.4, 0.5) is 4.39 Å². The van der Waals surface area contributed by atoms with Crippen LogP contribution >= 0.6 is 11.8 Å². The number of nitrogens with zero attached hydrogens (tertiary/aromatic N) is 2. The molecule has 0 bridgehead atoms. The lowest BCUT2D eigenvalue weighted by atomic mass is 10.1. The zero-order chi connectivity index (χ0) is 20.9. The van der Waals surface area contributed by atoms with Gasteiger partial charge in [-0.1, -0.05) is 18.2 Å². The van der Waals surface area contributed by atoms with E-state index in [1.54, 1.807) is 12.3 Å². The van der Waals surface area contributed by atoms with E-state index in [-0.39, 0.29) is 11.7 Å². The van der Waals surface area contributed by atoms with Gasteiger partial charge in [-0.05, 0) is 72.6 Å². The van der Waals surface area contributed by atoms with Crippen molar-refractivity contribution in [3.8, 4) is 5.75 Å². The summed E-state index contributed by atoms with van der Waals surface area (Å²) in [7, 11) is 0. The van der Waals surface area contributed by atoms with Gasteiger partial charge in [-0.15, -0.1) is 0 Å². The molecule has 1 amide bonds. The van der Waals surface area contributed by atoms with Crippen molar-refractivity contribution in [2.24, 2.45) is 4.99 Å². The van der Waals surface area contributed by atoms with E-state index >= 15 is 0 Å². The third-order valence-corrected chi connectivity index (χ3v) is 5.47. The van der Waals surface area contributed by atoms with E-state index in [0.717, 1.165) is 27.8 Å². The molecule has 7 heteroatoms. The first kappa shape index (κ1) is 20.1. The smallest absolute Gasteiger partial charge is 0.264 e. The topological polar surface area (TPSA) is 63.6 Å². The van der Waals surface area contributed by atoms with Crippen molar-refractivity contribution in [2.75, 3.05) is 13.2 Å². The number of nitrogens with one attached hydrogen (secondary N) is 1. The minimum absolute atomic E-state index is 0.180. The number of amidine groups is 1. The predicted octanol–water partition coefficient (Wildman–Crippen LogP) is 4.58. The zero-order valence-electron chi connectivity index (χ0n) is 16.4. The lowest BCUT2D eigenvalue weighted by Crippen LogP contribution is -2.20. The molecule has 1 aliphatic rings. The second-order valence-corrected chi connectivity index (χ2v) is 7.68. The second kappa shape index (κ2) is 9.09. The van der Waals surface area contributed by atoms with Gasteiger partial charge < -0.3 is 10.1 Å². The second-order valence-electron chi connectivity index (χ2n) is 6.65. The molecule has 2 aromatic carbocycles. The number of aromatic nitrogens is 1. The molecule has 1 saturated heterocycles. The third kappa shape index (κ3) is 4.68. The van der Waals surface area contributed by atoms with Gasteiger partial charge in [-0.2, -0.15) is 0 Å². The van der Waals surface area contributed by atoms with Gasteiger partial charge >= 0.3 is 0 Å². The Hall–Kier alpha value is -3.19. The Morgan fingerprint density at radius 2 is 2.13 bits per heavy atom. The third-order valence-electron chi connectivity index (χ3n) is 4.52. The van der Waals surface area contributed by atoms with Gasteiger partial charge in [-0.25, -0.2) is 4.39 Å². The highest BCUT2D eigenvalue weighted by atomic mass is 32.2. The summed E-state index contributed by atoms with van der Waals surface area (Å²) in [4.78, 5) is 21.7. The van der Waals surface area contributed by atoms with Gasteiger partial charge in [0.2, 0.25) is 0 Å². The molecule has 0 aliphatic carbocycles. The highest BCUT2D eigenvalue weighted by Crippen LogP contribution is 2.29.